The maximum absolute atomic E-state index is 12.6. The number of nitrogens with one attached hydrogen (secondary N) is 2. The summed E-state index contributed by atoms with van der Waals surface area (Å²) in [6.07, 6.45) is -4.40. The Balaban J connectivity index is 1.92. The third-order valence-electron chi connectivity index (χ3n) is 2.81. The van der Waals surface area contributed by atoms with Crippen LogP contribution in [0.2, 0.25) is 5.02 Å². The Bertz CT molecular complexity index is 657. The minimum atomic E-state index is -4.40. The van der Waals surface area contributed by atoms with Gasteiger partial charge in [-0.2, -0.15) is 13.2 Å². The van der Waals surface area contributed by atoms with E-state index in [9.17, 15) is 18.0 Å². The Kier molecular flexibility index (Phi) is 4.92. The second-order valence-corrected chi connectivity index (χ2v) is 4.95. The molecule has 0 unspecified atom stereocenters. The van der Waals surface area contributed by atoms with Gasteiger partial charge in [-0.3, -0.25) is 0 Å². The van der Waals surface area contributed by atoms with Crippen LogP contribution in [-0.4, -0.2) is 6.03 Å². The van der Waals surface area contributed by atoms with E-state index in [1.165, 1.54) is 12.1 Å². The molecule has 0 fully saturated rings. The average Bonchev–Trinajstić information content (AvgIpc) is 2.47. The molecule has 0 aliphatic heterocycles. The molecule has 0 atom stereocenters. The van der Waals surface area contributed by atoms with Gasteiger partial charge in [-0.25, -0.2) is 4.79 Å². The first-order chi connectivity index (χ1) is 10.3. The van der Waals surface area contributed by atoms with Gasteiger partial charge in [-0.05, 0) is 42.0 Å². The van der Waals surface area contributed by atoms with Gasteiger partial charge in [0.1, 0.15) is 0 Å². The largest absolute Gasteiger partial charge is 0.416 e. The second kappa shape index (κ2) is 6.70. The van der Waals surface area contributed by atoms with Crippen LogP contribution in [0.5, 0.6) is 0 Å². The molecular weight excluding hydrogens is 317 g/mol. The van der Waals surface area contributed by atoms with Gasteiger partial charge in [0.25, 0.3) is 0 Å². The molecule has 2 aromatic carbocycles. The predicted molar refractivity (Wildman–Crippen MR) is 78.8 cm³/mol. The molecule has 0 heterocycles. The zero-order chi connectivity index (χ0) is 16.2. The van der Waals surface area contributed by atoms with Crippen LogP contribution in [0.4, 0.5) is 23.7 Å². The quantitative estimate of drug-likeness (QED) is 0.844. The maximum Gasteiger partial charge on any atom is 0.416 e. The first-order valence-electron chi connectivity index (χ1n) is 6.31. The van der Waals surface area contributed by atoms with Crippen molar-refractivity contribution in [3.63, 3.8) is 0 Å². The fourth-order valence-electron chi connectivity index (χ4n) is 1.75. The molecule has 0 aliphatic rings. The lowest BCUT2D eigenvalue weighted by molar-refractivity contribution is -0.137. The number of hydrogen-bond donors (Lipinski definition) is 2. The molecule has 0 aliphatic carbocycles. The summed E-state index contributed by atoms with van der Waals surface area (Å²) < 4.78 is 37.7. The fourth-order valence-corrected chi connectivity index (χ4v) is 1.87. The van der Waals surface area contributed by atoms with Gasteiger partial charge in [0.2, 0.25) is 0 Å². The number of hydrogen-bond acceptors (Lipinski definition) is 1. The molecule has 0 saturated heterocycles. The molecule has 2 N–H and O–H groups in total. The van der Waals surface area contributed by atoms with Crippen LogP contribution in [0.25, 0.3) is 0 Å². The van der Waals surface area contributed by atoms with Crippen LogP contribution < -0.4 is 10.6 Å². The number of urea groups is 1. The Morgan fingerprint density at radius 3 is 2.41 bits per heavy atom. The van der Waals surface area contributed by atoms with Gasteiger partial charge < -0.3 is 10.6 Å². The lowest BCUT2D eigenvalue weighted by Gasteiger charge is -2.10. The molecule has 7 heteroatoms. The highest BCUT2D eigenvalue weighted by Crippen LogP contribution is 2.29. The Morgan fingerprint density at radius 2 is 1.77 bits per heavy atom. The summed E-state index contributed by atoms with van der Waals surface area (Å²) in [7, 11) is 0. The monoisotopic (exact) mass is 328 g/mol. The van der Waals surface area contributed by atoms with Crippen LogP contribution in [-0.2, 0) is 12.7 Å². The van der Waals surface area contributed by atoms with E-state index < -0.39 is 17.8 Å². The van der Waals surface area contributed by atoms with Crippen LogP contribution >= 0.6 is 11.6 Å². The van der Waals surface area contributed by atoms with E-state index >= 15 is 0 Å². The number of alkyl halides is 3. The van der Waals surface area contributed by atoms with E-state index in [1.54, 1.807) is 24.3 Å². The van der Waals surface area contributed by atoms with Crippen molar-refractivity contribution in [2.24, 2.45) is 0 Å². The lowest BCUT2D eigenvalue weighted by atomic mass is 10.1. The van der Waals surface area contributed by atoms with Crippen molar-refractivity contribution in [2.45, 2.75) is 12.7 Å². The highest BCUT2D eigenvalue weighted by atomic mass is 35.5. The lowest BCUT2D eigenvalue weighted by Crippen LogP contribution is -2.28. The third-order valence-corrected chi connectivity index (χ3v) is 3.06. The van der Waals surface area contributed by atoms with E-state index in [0.29, 0.717) is 16.3 Å². The first-order valence-corrected chi connectivity index (χ1v) is 6.69. The first kappa shape index (κ1) is 16.2. The Hall–Kier alpha value is -2.21. The molecule has 0 spiro atoms. The van der Waals surface area contributed by atoms with Crippen molar-refractivity contribution in [3.8, 4) is 0 Å². The number of amides is 2. The van der Waals surface area contributed by atoms with Crippen molar-refractivity contribution in [2.75, 3.05) is 5.32 Å². The van der Waals surface area contributed by atoms with E-state index in [1.807, 2.05) is 0 Å². The summed E-state index contributed by atoms with van der Waals surface area (Å²) in [5.74, 6) is 0. The van der Waals surface area contributed by atoms with Crippen molar-refractivity contribution < 1.29 is 18.0 Å². The molecule has 0 aromatic heterocycles. The van der Waals surface area contributed by atoms with Crippen LogP contribution in [0.3, 0.4) is 0 Å². The van der Waals surface area contributed by atoms with E-state index in [0.717, 1.165) is 12.1 Å². The minimum Gasteiger partial charge on any atom is -0.334 e. The van der Waals surface area contributed by atoms with E-state index in [4.69, 9.17) is 11.6 Å². The predicted octanol–water partition coefficient (Wildman–Crippen LogP) is 4.68. The number of halogens is 4. The highest BCUT2D eigenvalue weighted by Gasteiger charge is 2.30. The topological polar surface area (TPSA) is 41.1 Å². The standard InChI is InChI=1S/C15H12ClF3N2O/c16-12-4-6-13(7-5-12)21-14(22)20-9-10-2-1-3-11(8-10)15(17,18)19/h1-8H,9H2,(H2,20,21,22). The molecular formula is C15H12ClF3N2O. The number of rotatable bonds is 3. The number of benzene rings is 2. The minimum absolute atomic E-state index is 0.0106. The molecule has 0 radical (unpaired) electrons. The summed E-state index contributed by atoms with van der Waals surface area (Å²) in [5.41, 5.74) is 0.150. The Morgan fingerprint density at radius 1 is 1.09 bits per heavy atom. The molecule has 2 amide bonds. The van der Waals surface area contributed by atoms with Crippen LogP contribution in [0.15, 0.2) is 48.5 Å². The summed E-state index contributed by atoms with van der Waals surface area (Å²) in [6.45, 7) is -0.0106. The van der Waals surface area contributed by atoms with Gasteiger partial charge in [-0.1, -0.05) is 23.7 Å². The summed E-state index contributed by atoms with van der Waals surface area (Å²) in [4.78, 5) is 11.7. The van der Waals surface area contributed by atoms with Gasteiger partial charge >= 0.3 is 12.2 Å². The molecule has 22 heavy (non-hydrogen) atoms. The third kappa shape index (κ3) is 4.66. The zero-order valence-electron chi connectivity index (χ0n) is 11.2. The number of carbonyl (C=O) groups is 1. The molecule has 0 bridgehead atoms. The van der Waals surface area contributed by atoms with Crippen LogP contribution in [0, 0.1) is 0 Å². The van der Waals surface area contributed by atoms with Crippen molar-refractivity contribution >= 4 is 23.3 Å². The van der Waals surface area contributed by atoms with Crippen molar-refractivity contribution in [1.82, 2.24) is 5.32 Å². The summed E-state index contributed by atoms with van der Waals surface area (Å²) >= 11 is 5.72. The van der Waals surface area contributed by atoms with Crippen LogP contribution in [0.1, 0.15) is 11.1 Å². The molecule has 3 nitrogen and oxygen atoms in total. The second-order valence-electron chi connectivity index (χ2n) is 4.51. The van der Waals surface area contributed by atoms with E-state index in [2.05, 4.69) is 10.6 Å². The SMILES string of the molecule is O=C(NCc1cccc(C(F)(F)F)c1)Nc1ccc(Cl)cc1. The summed E-state index contributed by atoms with van der Waals surface area (Å²) in [5, 5.41) is 5.58. The highest BCUT2D eigenvalue weighted by molar-refractivity contribution is 6.30. The van der Waals surface area contributed by atoms with Crippen molar-refractivity contribution in [3.05, 3.63) is 64.7 Å². The zero-order valence-corrected chi connectivity index (χ0v) is 12.0. The van der Waals surface area contributed by atoms with Gasteiger partial charge in [0.05, 0.1) is 5.56 Å². The van der Waals surface area contributed by atoms with Gasteiger partial charge in [0, 0.05) is 17.3 Å². The maximum atomic E-state index is 12.6. The number of anilines is 1. The smallest absolute Gasteiger partial charge is 0.334 e. The summed E-state index contributed by atoms with van der Waals surface area (Å²) in [6, 6.07) is 10.8. The van der Waals surface area contributed by atoms with Gasteiger partial charge in [-0.15, -0.1) is 0 Å². The number of carbonyl (C=O) groups excluding carboxylic acids is 1. The normalized spacial score (nSPS) is 11.1. The Labute approximate surface area is 130 Å². The molecule has 2 aromatic rings. The molecule has 2 rings (SSSR count). The molecule has 116 valence electrons. The van der Waals surface area contributed by atoms with E-state index in [-0.39, 0.29) is 6.54 Å². The average molecular weight is 329 g/mol. The van der Waals surface area contributed by atoms with Gasteiger partial charge in [0.15, 0.2) is 0 Å². The molecule has 0 saturated carbocycles. The fraction of sp³-hybridized carbons (Fsp3) is 0.133. The van der Waals surface area contributed by atoms with Crippen molar-refractivity contribution in [1.29, 1.82) is 0 Å².